The van der Waals surface area contributed by atoms with Gasteiger partial charge in [-0.1, -0.05) is 6.07 Å². The number of aromatic nitrogens is 1. The van der Waals surface area contributed by atoms with E-state index in [1.165, 1.54) is 0 Å². The van der Waals surface area contributed by atoms with Crippen LogP contribution in [0.15, 0.2) is 16.7 Å². The minimum atomic E-state index is -0.264. The second kappa shape index (κ2) is 4.95. The summed E-state index contributed by atoms with van der Waals surface area (Å²) in [6.07, 6.45) is 0.210. The normalized spacial score (nSPS) is 9.86. The van der Waals surface area contributed by atoms with E-state index in [4.69, 9.17) is 10.5 Å². The van der Waals surface area contributed by atoms with E-state index in [-0.39, 0.29) is 12.4 Å². The molecular formula is C9H11BrN2O2. The van der Waals surface area contributed by atoms with Crippen molar-refractivity contribution < 1.29 is 9.53 Å². The van der Waals surface area contributed by atoms with Crippen molar-refractivity contribution in [2.45, 2.75) is 13.3 Å². The lowest BCUT2D eigenvalue weighted by molar-refractivity contribution is -0.142. The number of carbonyl (C=O) groups excluding carboxylic acids is 1. The minimum absolute atomic E-state index is 0.210. The van der Waals surface area contributed by atoms with Crippen molar-refractivity contribution in [1.29, 1.82) is 0 Å². The summed E-state index contributed by atoms with van der Waals surface area (Å²) in [5, 5.41) is 0. The number of pyridine rings is 1. The fourth-order valence-corrected chi connectivity index (χ4v) is 1.45. The lowest BCUT2D eigenvalue weighted by Gasteiger charge is -2.04. The maximum atomic E-state index is 11.1. The largest absolute Gasteiger partial charge is 0.466 e. The molecule has 0 amide bonds. The van der Waals surface area contributed by atoms with Gasteiger partial charge in [0.25, 0.3) is 0 Å². The van der Waals surface area contributed by atoms with Crippen LogP contribution in [-0.4, -0.2) is 17.6 Å². The minimum Gasteiger partial charge on any atom is -0.466 e. The molecule has 0 radical (unpaired) electrons. The summed E-state index contributed by atoms with van der Waals surface area (Å²) in [4.78, 5) is 15.1. The molecule has 14 heavy (non-hydrogen) atoms. The average molecular weight is 259 g/mol. The first-order chi connectivity index (χ1) is 6.63. The standard InChI is InChI=1S/C9H11BrN2O2/c1-2-14-8(13)5-6-3-4-7(11)12-9(6)10/h3-4H,2,5H2,1H3,(H2,11,12). The molecule has 0 spiro atoms. The first-order valence-electron chi connectivity index (χ1n) is 4.20. The zero-order valence-electron chi connectivity index (χ0n) is 7.79. The Kier molecular flexibility index (Phi) is 3.88. The monoisotopic (exact) mass is 258 g/mol. The summed E-state index contributed by atoms with van der Waals surface area (Å²) in [6.45, 7) is 2.16. The van der Waals surface area contributed by atoms with Crippen LogP contribution in [0.2, 0.25) is 0 Å². The van der Waals surface area contributed by atoms with E-state index < -0.39 is 0 Å². The van der Waals surface area contributed by atoms with Gasteiger partial charge in [0.2, 0.25) is 0 Å². The molecule has 76 valence electrons. The fourth-order valence-electron chi connectivity index (χ4n) is 0.977. The smallest absolute Gasteiger partial charge is 0.310 e. The van der Waals surface area contributed by atoms with Gasteiger partial charge in [-0.3, -0.25) is 4.79 Å². The Morgan fingerprint density at radius 3 is 2.93 bits per heavy atom. The summed E-state index contributed by atoms with van der Waals surface area (Å²) in [6, 6.07) is 3.41. The topological polar surface area (TPSA) is 65.2 Å². The van der Waals surface area contributed by atoms with E-state index >= 15 is 0 Å². The molecule has 0 saturated carbocycles. The average Bonchev–Trinajstić information content (AvgIpc) is 2.10. The summed E-state index contributed by atoms with van der Waals surface area (Å²) in [7, 11) is 0. The maximum Gasteiger partial charge on any atom is 0.310 e. The zero-order valence-corrected chi connectivity index (χ0v) is 9.37. The number of ether oxygens (including phenoxy) is 1. The van der Waals surface area contributed by atoms with Crippen LogP contribution >= 0.6 is 15.9 Å². The van der Waals surface area contributed by atoms with Crippen LogP contribution in [0.3, 0.4) is 0 Å². The number of carbonyl (C=O) groups is 1. The molecule has 1 heterocycles. The number of nitrogens with zero attached hydrogens (tertiary/aromatic N) is 1. The number of hydrogen-bond donors (Lipinski definition) is 1. The van der Waals surface area contributed by atoms with E-state index in [1.54, 1.807) is 19.1 Å². The molecule has 4 nitrogen and oxygen atoms in total. The van der Waals surface area contributed by atoms with E-state index in [9.17, 15) is 4.79 Å². The molecule has 2 N–H and O–H groups in total. The zero-order chi connectivity index (χ0) is 10.6. The number of hydrogen-bond acceptors (Lipinski definition) is 4. The Bertz CT molecular complexity index is 342. The van der Waals surface area contributed by atoms with Crippen molar-refractivity contribution in [3.63, 3.8) is 0 Å². The molecular weight excluding hydrogens is 248 g/mol. The highest BCUT2D eigenvalue weighted by Gasteiger charge is 2.08. The summed E-state index contributed by atoms with van der Waals surface area (Å²) >= 11 is 3.23. The Labute approximate surface area is 90.6 Å². The van der Waals surface area contributed by atoms with Crippen LogP contribution in [0.1, 0.15) is 12.5 Å². The highest BCUT2D eigenvalue weighted by Crippen LogP contribution is 2.16. The molecule has 0 bridgehead atoms. The number of esters is 1. The molecule has 0 aliphatic rings. The number of nitrogens with two attached hydrogens (primary N) is 1. The first-order valence-corrected chi connectivity index (χ1v) is 4.99. The molecule has 1 aromatic heterocycles. The van der Waals surface area contributed by atoms with Crippen molar-refractivity contribution in [1.82, 2.24) is 4.98 Å². The predicted molar refractivity (Wildman–Crippen MR) is 56.7 cm³/mol. The van der Waals surface area contributed by atoms with Crippen LogP contribution in [-0.2, 0) is 16.0 Å². The molecule has 0 unspecified atom stereocenters. The molecule has 0 fully saturated rings. The van der Waals surface area contributed by atoms with Gasteiger partial charge in [-0.05, 0) is 34.5 Å². The van der Waals surface area contributed by atoms with Crippen molar-refractivity contribution in [2.75, 3.05) is 12.3 Å². The van der Waals surface area contributed by atoms with Gasteiger partial charge in [0, 0.05) is 0 Å². The molecule has 1 rings (SSSR count). The Balaban J connectivity index is 2.72. The van der Waals surface area contributed by atoms with Gasteiger partial charge in [-0.2, -0.15) is 0 Å². The van der Waals surface area contributed by atoms with Crippen molar-refractivity contribution in [3.8, 4) is 0 Å². The first kappa shape index (κ1) is 11.0. The third-order valence-corrected chi connectivity index (χ3v) is 2.27. The molecule has 5 heteroatoms. The number of halogens is 1. The van der Waals surface area contributed by atoms with Gasteiger partial charge in [-0.25, -0.2) is 4.98 Å². The van der Waals surface area contributed by atoms with Gasteiger partial charge < -0.3 is 10.5 Å². The van der Waals surface area contributed by atoms with Gasteiger partial charge in [0.1, 0.15) is 10.4 Å². The molecule has 0 aliphatic heterocycles. The van der Waals surface area contributed by atoms with Crippen LogP contribution in [0.4, 0.5) is 5.82 Å². The molecule has 1 aromatic rings. The SMILES string of the molecule is CCOC(=O)Cc1ccc(N)nc1Br. The van der Waals surface area contributed by atoms with Crippen molar-refractivity contribution in [2.24, 2.45) is 0 Å². The molecule has 0 aliphatic carbocycles. The Morgan fingerprint density at radius 1 is 1.64 bits per heavy atom. The Hall–Kier alpha value is -1.10. The maximum absolute atomic E-state index is 11.1. The summed E-state index contributed by atoms with van der Waals surface area (Å²) in [5.74, 6) is 0.157. The van der Waals surface area contributed by atoms with E-state index in [0.717, 1.165) is 5.56 Å². The number of anilines is 1. The second-order valence-electron chi connectivity index (χ2n) is 2.67. The second-order valence-corrected chi connectivity index (χ2v) is 3.42. The highest BCUT2D eigenvalue weighted by molar-refractivity contribution is 9.10. The van der Waals surface area contributed by atoms with Crippen LogP contribution in [0.25, 0.3) is 0 Å². The third-order valence-electron chi connectivity index (χ3n) is 1.59. The van der Waals surface area contributed by atoms with Crippen molar-refractivity contribution in [3.05, 3.63) is 22.3 Å². The van der Waals surface area contributed by atoms with E-state index in [0.29, 0.717) is 17.0 Å². The van der Waals surface area contributed by atoms with Gasteiger partial charge >= 0.3 is 5.97 Å². The molecule has 0 atom stereocenters. The van der Waals surface area contributed by atoms with Crippen LogP contribution < -0.4 is 5.73 Å². The quantitative estimate of drug-likeness (QED) is 0.660. The number of nitrogen functional groups attached to an aromatic ring is 1. The highest BCUT2D eigenvalue weighted by atomic mass is 79.9. The van der Waals surface area contributed by atoms with Gasteiger partial charge in [-0.15, -0.1) is 0 Å². The third kappa shape index (κ3) is 2.99. The Morgan fingerprint density at radius 2 is 2.36 bits per heavy atom. The lowest BCUT2D eigenvalue weighted by Crippen LogP contribution is -2.08. The molecule has 0 saturated heterocycles. The summed E-state index contributed by atoms with van der Waals surface area (Å²) in [5.41, 5.74) is 6.24. The number of rotatable bonds is 3. The fraction of sp³-hybridized carbons (Fsp3) is 0.333. The molecule has 0 aromatic carbocycles. The van der Waals surface area contributed by atoms with Gasteiger partial charge in [0.15, 0.2) is 0 Å². The van der Waals surface area contributed by atoms with Crippen LogP contribution in [0.5, 0.6) is 0 Å². The van der Waals surface area contributed by atoms with E-state index in [2.05, 4.69) is 20.9 Å². The van der Waals surface area contributed by atoms with Crippen LogP contribution in [0, 0.1) is 0 Å². The summed E-state index contributed by atoms with van der Waals surface area (Å²) < 4.78 is 5.40. The lowest BCUT2D eigenvalue weighted by atomic mass is 10.2. The van der Waals surface area contributed by atoms with Crippen molar-refractivity contribution >= 4 is 27.7 Å². The van der Waals surface area contributed by atoms with E-state index in [1.807, 2.05) is 0 Å². The predicted octanol–water partition coefficient (Wildman–Crippen LogP) is 1.53. The van der Waals surface area contributed by atoms with Gasteiger partial charge in [0.05, 0.1) is 13.0 Å².